The number of nitrogens with two attached hydrogens (primary N) is 1. The first-order valence-corrected chi connectivity index (χ1v) is 6.48. The number of amidine groups is 1. The van der Waals surface area contributed by atoms with Crippen LogP contribution >= 0.6 is 0 Å². The number of rotatable bonds is 6. The minimum absolute atomic E-state index is 0.0952. The van der Waals surface area contributed by atoms with E-state index < -0.39 is 5.41 Å². The summed E-state index contributed by atoms with van der Waals surface area (Å²) in [6.45, 7) is 3.88. The molecule has 0 fully saturated rings. The first-order valence-electron chi connectivity index (χ1n) is 6.48. The second-order valence-electron chi connectivity index (χ2n) is 4.84. The second kappa shape index (κ2) is 6.79. The third kappa shape index (κ3) is 3.63. The highest BCUT2D eigenvalue weighted by atomic mass is 16.4. The summed E-state index contributed by atoms with van der Waals surface area (Å²) in [6, 6.07) is 6.79. The number of amides is 1. The van der Waals surface area contributed by atoms with E-state index >= 15 is 0 Å². The van der Waals surface area contributed by atoms with Gasteiger partial charge in [0.1, 0.15) is 11.2 Å². The van der Waals surface area contributed by atoms with Gasteiger partial charge in [0, 0.05) is 6.54 Å². The molecule has 6 heteroatoms. The number of aromatic hydroxyl groups is 1. The maximum absolute atomic E-state index is 12.1. The van der Waals surface area contributed by atoms with E-state index in [2.05, 4.69) is 10.5 Å². The SMILES string of the molecule is CCC(C)(C(=O)NCCc1ccc(O)cc1)/C(N)=N/O. The third-order valence-corrected chi connectivity index (χ3v) is 3.52. The molecule has 0 aromatic heterocycles. The molecule has 0 radical (unpaired) electrons. The topological polar surface area (TPSA) is 108 Å². The van der Waals surface area contributed by atoms with Gasteiger partial charge in [-0.2, -0.15) is 0 Å². The van der Waals surface area contributed by atoms with Crippen LogP contribution in [0, 0.1) is 5.41 Å². The van der Waals surface area contributed by atoms with Crippen LogP contribution in [0.15, 0.2) is 29.4 Å². The van der Waals surface area contributed by atoms with E-state index in [1.54, 1.807) is 38.1 Å². The fraction of sp³-hybridized carbons (Fsp3) is 0.429. The van der Waals surface area contributed by atoms with Gasteiger partial charge in [-0.1, -0.05) is 24.2 Å². The summed E-state index contributed by atoms with van der Waals surface area (Å²) in [7, 11) is 0. The van der Waals surface area contributed by atoms with E-state index in [-0.39, 0.29) is 17.5 Å². The second-order valence-corrected chi connectivity index (χ2v) is 4.84. The zero-order valence-electron chi connectivity index (χ0n) is 11.8. The molecule has 1 amide bonds. The molecule has 0 bridgehead atoms. The summed E-state index contributed by atoms with van der Waals surface area (Å²) in [4.78, 5) is 12.1. The van der Waals surface area contributed by atoms with Crippen molar-refractivity contribution in [2.45, 2.75) is 26.7 Å². The van der Waals surface area contributed by atoms with Crippen LogP contribution in [0.4, 0.5) is 0 Å². The Labute approximate surface area is 118 Å². The average molecular weight is 279 g/mol. The van der Waals surface area contributed by atoms with Gasteiger partial charge in [0.2, 0.25) is 5.91 Å². The van der Waals surface area contributed by atoms with E-state index in [0.717, 1.165) is 5.56 Å². The molecule has 0 saturated carbocycles. The molecule has 0 spiro atoms. The van der Waals surface area contributed by atoms with Crippen LogP contribution in [-0.4, -0.2) is 28.6 Å². The minimum atomic E-state index is -1.01. The van der Waals surface area contributed by atoms with Crippen LogP contribution in [-0.2, 0) is 11.2 Å². The van der Waals surface area contributed by atoms with Crippen molar-refractivity contribution < 1.29 is 15.1 Å². The normalized spacial score (nSPS) is 14.6. The van der Waals surface area contributed by atoms with Crippen molar-refractivity contribution >= 4 is 11.7 Å². The Morgan fingerprint density at radius 1 is 1.40 bits per heavy atom. The number of nitrogens with zero attached hydrogens (tertiary/aromatic N) is 1. The van der Waals surface area contributed by atoms with Gasteiger partial charge in [-0.3, -0.25) is 4.79 Å². The highest BCUT2D eigenvalue weighted by Crippen LogP contribution is 2.21. The van der Waals surface area contributed by atoms with Crippen molar-refractivity contribution in [1.82, 2.24) is 5.32 Å². The summed E-state index contributed by atoms with van der Waals surface area (Å²) in [5.74, 6) is -0.153. The average Bonchev–Trinajstić information content (AvgIpc) is 2.47. The summed E-state index contributed by atoms with van der Waals surface area (Å²) >= 11 is 0. The van der Waals surface area contributed by atoms with Crippen molar-refractivity contribution in [3.05, 3.63) is 29.8 Å². The Balaban J connectivity index is 2.56. The Morgan fingerprint density at radius 2 is 2.00 bits per heavy atom. The lowest BCUT2D eigenvalue weighted by Gasteiger charge is -2.25. The van der Waals surface area contributed by atoms with Gasteiger partial charge < -0.3 is 21.4 Å². The molecule has 0 heterocycles. The van der Waals surface area contributed by atoms with Gasteiger partial charge >= 0.3 is 0 Å². The lowest BCUT2D eigenvalue weighted by atomic mass is 9.85. The third-order valence-electron chi connectivity index (χ3n) is 3.52. The predicted molar refractivity (Wildman–Crippen MR) is 76.6 cm³/mol. The Kier molecular flexibility index (Phi) is 5.37. The smallest absolute Gasteiger partial charge is 0.233 e. The monoisotopic (exact) mass is 279 g/mol. The molecule has 0 saturated heterocycles. The van der Waals surface area contributed by atoms with Crippen molar-refractivity contribution in [2.75, 3.05) is 6.54 Å². The number of nitrogens with one attached hydrogen (secondary N) is 1. The minimum Gasteiger partial charge on any atom is -0.508 e. The Morgan fingerprint density at radius 3 is 2.50 bits per heavy atom. The molecule has 0 aliphatic carbocycles. The molecular formula is C14H21N3O3. The maximum Gasteiger partial charge on any atom is 0.233 e. The highest BCUT2D eigenvalue weighted by molar-refractivity contribution is 6.06. The quantitative estimate of drug-likeness (QED) is 0.272. The summed E-state index contributed by atoms with van der Waals surface area (Å²) in [5, 5.41) is 23.6. The number of hydrogen-bond donors (Lipinski definition) is 4. The molecule has 0 aliphatic rings. The van der Waals surface area contributed by atoms with Crippen molar-refractivity contribution in [2.24, 2.45) is 16.3 Å². The van der Waals surface area contributed by atoms with Crippen LogP contribution in [0.2, 0.25) is 0 Å². The molecular weight excluding hydrogens is 258 g/mol. The van der Waals surface area contributed by atoms with Crippen molar-refractivity contribution in [1.29, 1.82) is 0 Å². The zero-order chi connectivity index (χ0) is 15.2. The van der Waals surface area contributed by atoms with Gasteiger partial charge in [-0.25, -0.2) is 0 Å². The van der Waals surface area contributed by atoms with Crippen LogP contribution in [0.5, 0.6) is 5.75 Å². The van der Waals surface area contributed by atoms with Gasteiger partial charge in [0.25, 0.3) is 0 Å². The highest BCUT2D eigenvalue weighted by Gasteiger charge is 2.35. The fourth-order valence-electron chi connectivity index (χ4n) is 1.75. The molecule has 0 aliphatic heterocycles. The lowest BCUT2D eigenvalue weighted by molar-refractivity contribution is -0.127. The Hall–Kier alpha value is -2.24. The van der Waals surface area contributed by atoms with E-state index in [1.807, 2.05) is 0 Å². The summed E-state index contributed by atoms with van der Waals surface area (Å²) in [6.07, 6.45) is 1.08. The summed E-state index contributed by atoms with van der Waals surface area (Å²) in [5.41, 5.74) is 5.57. The van der Waals surface area contributed by atoms with Crippen molar-refractivity contribution in [3.63, 3.8) is 0 Å². The van der Waals surface area contributed by atoms with E-state index in [0.29, 0.717) is 19.4 Å². The molecule has 1 aromatic carbocycles. The van der Waals surface area contributed by atoms with Gasteiger partial charge in [-0.15, -0.1) is 0 Å². The van der Waals surface area contributed by atoms with E-state index in [4.69, 9.17) is 10.9 Å². The number of hydrogen-bond acceptors (Lipinski definition) is 4. The molecule has 1 unspecified atom stereocenters. The molecule has 6 nitrogen and oxygen atoms in total. The number of carbonyl (C=O) groups excluding carboxylic acids is 1. The molecule has 1 aromatic rings. The number of benzene rings is 1. The molecule has 110 valence electrons. The fourth-order valence-corrected chi connectivity index (χ4v) is 1.75. The zero-order valence-corrected chi connectivity index (χ0v) is 11.8. The maximum atomic E-state index is 12.1. The number of phenolic OH excluding ortho intramolecular Hbond substituents is 1. The molecule has 1 atom stereocenters. The van der Waals surface area contributed by atoms with Crippen LogP contribution in [0.1, 0.15) is 25.8 Å². The van der Waals surface area contributed by atoms with Gasteiger partial charge in [0.05, 0.1) is 0 Å². The predicted octanol–water partition coefficient (Wildman–Crippen LogP) is 1.21. The van der Waals surface area contributed by atoms with Crippen LogP contribution in [0.3, 0.4) is 0 Å². The molecule has 20 heavy (non-hydrogen) atoms. The van der Waals surface area contributed by atoms with E-state index in [1.165, 1.54) is 0 Å². The molecule has 5 N–H and O–H groups in total. The first-order chi connectivity index (χ1) is 9.43. The standard InChI is InChI=1S/C14H21N3O3/c1-3-14(2,12(15)17-20)13(19)16-9-8-10-4-6-11(18)7-5-10/h4-7,18,20H,3,8-9H2,1-2H3,(H2,15,17)(H,16,19). The van der Waals surface area contributed by atoms with E-state index in [9.17, 15) is 9.90 Å². The van der Waals surface area contributed by atoms with Gasteiger partial charge in [-0.05, 0) is 37.5 Å². The molecule has 1 rings (SSSR count). The number of carbonyl (C=O) groups is 1. The van der Waals surface area contributed by atoms with Gasteiger partial charge in [0.15, 0.2) is 5.84 Å². The number of oxime groups is 1. The largest absolute Gasteiger partial charge is 0.508 e. The van der Waals surface area contributed by atoms with Crippen LogP contribution < -0.4 is 11.1 Å². The Bertz CT molecular complexity index is 485. The lowest BCUT2D eigenvalue weighted by Crippen LogP contribution is -2.48. The first kappa shape index (κ1) is 15.8. The number of phenols is 1. The van der Waals surface area contributed by atoms with Crippen molar-refractivity contribution in [3.8, 4) is 5.75 Å². The van der Waals surface area contributed by atoms with Crippen LogP contribution in [0.25, 0.3) is 0 Å². The summed E-state index contributed by atoms with van der Waals surface area (Å²) < 4.78 is 0.